The Morgan fingerprint density at radius 1 is 0.800 bits per heavy atom. The molecule has 0 fully saturated rings. The van der Waals surface area contributed by atoms with Gasteiger partial charge in [-0.1, -0.05) is 91.6 Å². The molecule has 0 saturated carbocycles. The summed E-state index contributed by atoms with van der Waals surface area (Å²) in [5.74, 6) is 0.305. The first-order valence-corrected chi connectivity index (χ1v) is 10.4. The van der Waals surface area contributed by atoms with Crippen molar-refractivity contribution < 1.29 is 22.2 Å². The zero-order chi connectivity index (χ0) is 17.3. The number of allylic oxidation sites excluding steroid dienone is 6. The van der Waals surface area contributed by atoms with Crippen molar-refractivity contribution in [1.29, 1.82) is 0 Å². The predicted molar refractivity (Wildman–Crippen MR) is 107 cm³/mol. The standard InChI is InChI=1S/C17H27BrO.C5H5.Fe/c18-15-11-7-5-3-1-2-4-6-8-14-17(19)16-12-9-10-13-16;1-2-4-5-3-1;/h9-10,12-13,19H,1-8,11,14-15H2;1-5H;/q;-1;+2/p-1. The van der Waals surface area contributed by atoms with Gasteiger partial charge in [0.15, 0.2) is 0 Å². The molecule has 0 heterocycles. The summed E-state index contributed by atoms with van der Waals surface area (Å²) in [6.07, 6.45) is 20.1. The van der Waals surface area contributed by atoms with Crippen LogP contribution in [0.25, 0.3) is 0 Å². The summed E-state index contributed by atoms with van der Waals surface area (Å²) in [6, 6.07) is 10.0. The molecule has 0 aromatic heterocycles. The molecule has 2 rings (SSSR count). The average Bonchev–Trinajstić information content (AvgIpc) is 3.32. The van der Waals surface area contributed by atoms with Crippen LogP contribution in [0.15, 0.2) is 66.0 Å². The number of unbranched alkanes of at least 4 members (excludes halogenated alkanes) is 8. The minimum Gasteiger partial charge on any atom is -0.875 e. The molecule has 1 aromatic carbocycles. The van der Waals surface area contributed by atoms with Crippen LogP contribution in [-0.4, -0.2) is 5.33 Å². The minimum atomic E-state index is 0. The van der Waals surface area contributed by atoms with Crippen molar-refractivity contribution in [2.45, 2.75) is 64.2 Å². The molecule has 1 aromatic rings. The van der Waals surface area contributed by atoms with Crippen LogP contribution in [0.5, 0.6) is 0 Å². The topological polar surface area (TPSA) is 23.1 Å². The molecule has 0 saturated heterocycles. The van der Waals surface area contributed by atoms with Gasteiger partial charge in [-0.05, 0) is 18.4 Å². The third-order valence-electron chi connectivity index (χ3n) is 4.08. The van der Waals surface area contributed by atoms with Crippen molar-refractivity contribution in [1.82, 2.24) is 0 Å². The molecule has 0 amide bonds. The largest absolute Gasteiger partial charge is 2.00 e. The Morgan fingerprint density at radius 3 is 1.72 bits per heavy atom. The third-order valence-corrected chi connectivity index (χ3v) is 4.64. The smallest absolute Gasteiger partial charge is 0.875 e. The Kier molecular flexibility index (Phi) is 17.7. The van der Waals surface area contributed by atoms with Crippen LogP contribution in [0.2, 0.25) is 0 Å². The SMILES string of the molecule is [Fe+2].[O-]C(CCCCCCCCCCCBr)=C1C=CC=C1.c1cc[cH-]c1. The summed E-state index contributed by atoms with van der Waals surface area (Å²) in [5, 5.41) is 12.9. The second-order valence-electron chi connectivity index (χ2n) is 6.18. The Morgan fingerprint density at radius 2 is 1.28 bits per heavy atom. The molecule has 0 atom stereocenters. The van der Waals surface area contributed by atoms with Gasteiger partial charge in [-0.15, -0.1) is 5.76 Å². The van der Waals surface area contributed by atoms with Gasteiger partial charge < -0.3 is 5.11 Å². The molecular formula is C22H31BrFeO. The van der Waals surface area contributed by atoms with Crippen molar-refractivity contribution in [3.05, 3.63) is 66.0 Å². The van der Waals surface area contributed by atoms with Crippen LogP contribution in [-0.2, 0) is 17.1 Å². The number of alkyl halides is 1. The number of halogens is 1. The Balaban J connectivity index is 0.000000820. The van der Waals surface area contributed by atoms with Crippen LogP contribution in [0.4, 0.5) is 0 Å². The van der Waals surface area contributed by atoms with E-state index in [1.54, 1.807) is 0 Å². The maximum atomic E-state index is 11.7. The summed E-state index contributed by atoms with van der Waals surface area (Å²) in [6.45, 7) is 0. The van der Waals surface area contributed by atoms with Crippen LogP contribution >= 0.6 is 15.9 Å². The zero-order valence-electron chi connectivity index (χ0n) is 15.1. The van der Waals surface area contributed by atoms with Gasteiger partial charge in [-0.2, -0.15) is 18.2 Å². The van der Waals surface area contributed by atoms with Gasteiger partial charge in [0.25, 0.3) is 0 Å². The summed E-state index contributed by atoms with van der Waals surface area (Å²) >= 11 is 3.46. The second-order valence-corrected chi connectivity index (χ2v) is 6.97. The van der Waals surface area contributed by atoms with Gasteiger partial charge in [0.05, 0.1) is 0 Å². The Bertz CT molecular complexity index is 443. The molecule has 0 bridgehead atoms. The molecule has 1 nitrogen and oxygen atoms in total. The summed E-state index contributed by atoms with van der Waals surface area (Å²) in [7, 11) is 0. The number of hydrogen-bond acceptors (Lipinski definition) is 1. The van der Waals surface area contributed by atoms with E-state index in [-0.39, 0.29) is 17.1 Å². The summed E-state index contributed by atoms with van der Waals surface area (Å²) in [5.41, 5.74) is 0.881. The van der Waals surface area contributed by atoms with Gasteiger partial charge in [-0.3, -0.25) is 0 Å². The molecule has 1 aliphatic carbocycles. The Hall–Kier alpha value is -0.631. The van der Waals surface area contributed by atoms with E-state index >= 15 is 0 Å². The molecule has 3 heteroatoms. The Labute approximate surface area is 173 Å². The molecule has 0 unspecified atom stereocenters. The fourth-order valence-electron chi connectivity index (χ4n) is 2.64. The first-order valence-electron chi connectivity index (χ1n) is 9.32. The van der Waals surface area contributed by atoms with Gasteiger partial charge in [0, 0.05) is 5.33 Å². The average molecular weight is 447 g/mol. The molecule has 0 aliphatic heterocycles. The third kappa shape index (κ3) is 14.2. The van der Waals surface area contributed by atoms with E-state index in [1.807, 2.05) is 54.6 Å². The first-order chi connectivity index (χ1) is 11.8. The quantitative estimate of drug-likeness (QED) is 0.126. The molecule has 0 radical (unpaired) electrons. The van der Waals surface area contributed by atoms with Crippen LogP contribution in [0, 0.1) is 0 Å². The van der Waals surface area contributed by atoms with Gasteiger partial charge in [0.2, 0.25) is 0 Å². The second kappa shape index (κ2) is 18.2. The van der Waals surface area contributed by atoms with Gasteiger partial charge >= 0.3 is 17.1 Å². The van der Waals surface area contributed by atoms with Crippen LogP contribution in [0.1, 0.15) is 64.2 Å². The molecule has 0 spiro atoms. The maximum Gasteiger partial charge on any atom is 2.00 e. The van der Waals surface area contributed by atoms with Gasteiger partial charge in [-0.25, -0.2) is 12.1 Å². The van der Waals surface area contributed by atoms with E-state index < -0.39 is 0 Å². The molecular weight excluding hydrogens is 416 g/mol. The zero-order valence-corrected chi connectivity index (χ0v) is 17.8. The monoisotopic (exact) mass is 446 g/mol. The molecule has 0 N–H and O–H groups in total. The van der Waals surface area contributed by atoms with Crippen molar-refractivity contribution in [3.8, 4) is 0 Å². The van der Waals surface area contributed by atoms with Crippen molar-refractivity contribution in [2.75, 3.05) is 5.33 Å². The summed E-state index contributed by atoms with van der Waals surface area (Å²) in [4.78, 5) is 0. The van der Waals surface area contributed by atoms with E-state index in [1.165, 1.54) is 51.4 Å². The normalized spacial score (nSPS) is 11.8. The fourth-order valence-corrected chi connectivity index (χ4v) is 3.04. The molecule has 25 heavy (non-hydrogen) atoms. The van der Waals surface area contributed by atoms with Crippen LogP contribution in [0.3, 0.4) is 0 Å². The van der Waals surface area contributed by atoms with Crippen molar-refractivity contribution in [3.63, 3.8) is 0 Å². The van der Waals surface area contributed by atoms with Gasteiger partial charge in [0.1, 0.15) is 0 Å². The van der Waals surface area contributed by atoms with Crippen molar-refractivity contribution in [2.24, 2.45) is 0 Å². The molecule has 140 valence electrons. The van der Waals surface area contributed by atoms with E-state index in [4.69, 9.17) is 0 Å². The van der Waals surface area contributed by atoms with Crippen molar-refractivity contribution >= 4 is 15.9 Å². The maximum absolute atomic E-state index is 11.7. The molecule has 1 aliphatic rings. The summed E-state index contributed by atoms with van der Waals surface area (Å²) < 4.78 is 0. The van der Waals surface area contributed by atoms with E-state index in [0.29, 0.717) is 5.76 Å². The van der Waals surface area contributed by atoms with E-state index in [2.05, 4.69) is 15.9 Å². The fraction of sp³-hybridized carbons (Fsp3) is 0.500. The van der Waals surface area contributed by atoms with E-state index in [0.717, 1.165) is 23.7 Å². The predicted octanol–water partition coefficient (Wildman–Crippen LogP) is 6.43. The number of rotatable bonds is 11. The minimum absolute atomic E-state index is 0. The van der Waals surface area contributed by atoms with E-state index in [9.17, 15) is 5.11 Å². The first kappa shape index (κ1) is 24.4. The number of hydrogen-bond donors (Lipinski definition) is 0. The van der Waals surface area contributed by atoms with Crippen LogP contribution < -0.4 is 5.11 Å².